The summed E-state index contributed by atoms with van der Waals surface area (Å²) in [5.74, 6) is 0.0624. The second-order valence-corrected chi connectivity index (χ2v) is 5.91. The number of rotatable bonds is 3. The van der Waals surface area contributed by atoms with Crippen LogP contribution in [0.3, 0.4) is 0 Å². The second kappa shape index (κ2) is 6.04. The average Bonchev–Trinajstić information content (AvgIpc) is 2.36. The smallest absolute Gasteiger partial charge is 0.139 e. The maximum atomic E-state index is 9.86. The Morgan fingerprint density at radius 2 is 1.95 bits per heavy atom. The van der Waals surface area contributed by atoms with Crippen molar-refractivity contribution in [2.75, 3.05) is 5.32 Å². The van der Waals surface area contributed by atoms with E-state index in [-0.39, 0.29) is 10.8 Å². The third-order valence-corrected chi connectivity index (χ3v) is 4.14. The molecule has 19 heavy (non-hydrogen) atoms. The summed E-state index contributed by atoms with van der Waals surface area (Å²) < 4.78 is 1.06. The molecule has 2 aromatic carbocycles. The van der Waals surface area contributed by atoms with Crippen molar-refractivity contribution in [1.29, 1.82) is 0 Å². The maximum Gasteiger partial charge on any atom is 0.139 e. The summed E-state index contributed by atoms with van der Waals surface area (Å²) in [7, 11) is 0. The Balaban J connectivity index is 2.16. The van der Waals surface area contributed by atoms with Crippen LogP contribution < -0.4 is 5.32 Å². The van der Waals surface area contributed by atoms with Gasteiger partial charge < -0.3 is 10.4 Å². The first-order valence-electron chi connectivity index (χ1n) is 5.64. The predicted molar refractivity (Wildman–Crippen MR) is 84.3 cm³/mol. The number of hydrogen-bond acceptors (Lipinski definition) is 2. The first-order chi connectivity index (χ1) is 8.97. The van der Waals surface area contributed by atoms with Crippen LogP contribution in [0.15, 0.2) is 34.8 Å². The fraction of sp³-hybridized carbons (Fsp3) is 0.143. The molecule has 2 nitrogen and oxygen atoms in total. The summed E-state index contributed by atoms with van der Waals surface area (Å²) in [6.45, 7) is 2.47. The molecule has 0 radical (unpaired) electrons. The highest BCUT2D eigenvalue weighted by Gasteiger charge is 2.08. The van der Waals surface area contributed by atoms with Crippen molar-refractivity contribution < 1.29 is 5.11 Å². The average molecular weight is 361 g/mol. The van der Waals surface area contributed by atoms with E-state index in [0.29, 0.717) is 17.1 Å². The lowest BCUT2D eigenvalue weighted by atomic mass is 10.2. The Bertz CT molecular complexity index is 617. The van der Waals surface area contributed by atoms with E-state index >= 15 is 0 Å². The summed E-state index contributed by atoms with van der Waals surface area (Å²) in [4.78, 5) is 0. The van der Waals surface area contributed by atoms with E-state index in [2.05, 4.69) is 21.2 Å². The molecule has 0 aliphatic carbocycles. The monoisotopic (exact) mass is 359 g/mol. The van der Waals surface area contributed by atoms with Gasteiger partial charge in [0.25, 0.3) is 0 Å². The van der Waals surface area contributed by atoms with Gasteiger partial charge in [-0.05, 0) is 42.8 Å². The molecule has 0 heterocycles. The standard InChI is InChI=1S/C14H12BrCl2NO/c1-8-4-11(2-3-12(8)15)18-7-9-5-10(16)6-13(17)14(9)19/h2-6,18-19H,7H2,1H3. The minimum absolute atomic E-state index is 0.0624. The number of benzene rings is 2. The fourth-order valence-corrected chi connectivity index (χ4v) is 2.49. The van der Waals surface area contributed by atoms with Crippen LogP contribution in [-0.4, -0.2) is 5.11 Å². The molecule has 0 amide bonds. The van der Waals surface area contributed by atoms with Gasteiger partial charge in [-0.25, -0.2) is 0 Å². The first-order valence-corrected chi connectivity index (χ1v) is 7.19. The summed E-state index contributed by atoms with van der Waals surface area (Å²) in [6, 6.07) is 9.17. The number of phenolic OH excluding ortho intramolecular Hbond substituents is 1. The molecule has 0 atom stereocenters. The lowest BCUT2D eigenvalue weighted by Crippen LogP contribution is -2.00. The Kier molecular flexibility index (Phi) is 4.61. The van der Waals surface area contributed by atoms with Gasteiger partial charge in [-0.3, -0.25) is 0 Å². The van der Waals surface area contributed by atoms with Gasteiger partial charge in [0.05, 0.1) is 5.02 Å². The van der Waals surface area contributed by atoms with Gasteiger partial charge in [-0.2, -0.15) is 0 Å². The molecule has 5 heteroatoms. The minimum atomic E-state index is 0.0624. The van der Waals surface area contributed by atoms with Gasteiger partial charge in [0, 0.05) is 27.3 Å². The molecule has 0 aliphatic heterocycles. The summed E-state index contributed by atoms with van der Waals surface area (Å²) in [5, 5.41) is 13.9. The zero-order valence-electron chi connectivity index (χ0n) is 10.2. The van der Waals surface area contributed by atoms with Crippen LogP contribution in [0, 0.1) is 6.92 Å². The molecule has 0 unspecified atom stereocenters. The van der Waals surface area contributed by atoms with E-state index in [1.165, 1.54) is 6.07 Å². The Morgan fingerprint density at radius 1 is 1.21 bits per heavy atom. The lowest BCUT2D eigenvalue weighted by molar-refractivity contribution is 0.469. The van der Waals surface area contributed by atoms with Crippen molar-refractivity contribution in [3.05, 3.63) is 56.0 Å². The Labute approximate surface area is 130 Å². The van der Waals surface area contributed by atoms with Crippen LogP contribution in [0.2, 0.25) is 10.0 Å². The quantitative estimate of drug-likeness (QED) is 0.769. The zero-order chi connectivity index (χ0) is 14.0. The number of anilines is 1. The third-order valence-electron chi connectivity index (χ3n) is 2.75. The van der Waals surface area contributed by atoms with Crippen LogP contribution in [0.5, 0.6) is 5.75 Å². The van der Waals surface area contributed by atoms with Crippen LogP contribution in [0.1, 0.15) is 11.1 Å². The molecule has 0 aliphatic rings. The van der Waals surface area contributed by atoms with Crippen molar-refractivity contribution >= 4 is 44.8 Å². The molecule has 0 saturated heterocycles. The molecule has 0 saturated carbocycles. The van der Waals surface area contributed by atoms with Gasteiger partial charge >= 0.3 is 0 Å². The summed E-state index contributed by atoms with van der Waals surface area (Å²) >= 11 is 15.3. The Morgan fingerprint density at radius 3 is 2.63 bits per heavy atom. The highest BCUT2D eigenvalue weighted by atomic mass is 79.9. The fourth-order valence-electron chi connectivity index (χ4n) is 1.71. The van der Waals surface area contributed by atoms with E-state index in [4.69, 9.17) is 23.2 Å². The number of nitrogens with one attached hydrogen (secondary N) is 1. The Hall–Kier alpha value is -0.900. The van der Waals surface area contributed by atoms with Gasteiger partial charge in [0.1, 0.15) is 5.75 Å². The van der Waals surface area contributed by atoms with Gasteiger partial charge in [-0.15, -0.1) is 0 Å². The molecule has 0 fully saturated rings. The largest absolute Gasteiger partial charge is 0.506 e. The summed E-state index contributed by atoms with van der Waals surface area (Å²) in [5.41, 5.74) is 2.77. The molecule has 0 aromatic heterocycles. The van der Waals surface area contributed by atoms with E-state index in [9.17, 15) is 5.11 Å². The number of hydrogen-bond donors (Lipinski definition) is 2. The van der Waals surface area contributed by atoms with Crippen molar-refractivity contribution in [1.82, 2.24) is 0 Å². The molecule has 2 N–H and O–H groups in total. The van der Waals surface area contributed by atoms with Gasteiger partial charge in [-0.1, -0.05) is 39.1 Å². The van der Waals surface area contributed by atoms with E-state index < -0.39 is 0 Å². The highest BCUT2D eigenvalue weighted by molar-refractivity contribution is 9.10. The van der Waals surface area contributed by atoms with Crippen molar-refractivity contribution in [3.8, 4) is 5.75 Å². The van der Waals surface area contributed by atoms with Crippen LogP contribution in [0.25, 0.3) is 0 Å². The number of aryl methyl sites for hydroxylation is 1. The highest BCUT2D eigenvalue weighted by Crippen LogP contribution is 2.31. The van der Waals surface area contributed by atoms with Crippen LogP contribution in [-0.2, 0) is 6.54 Å². The number of halogens is 3. The second-order valence-electron chi connectivity index (χ2n) is 4.21. The van der Waals surface area contributed by atoms with Crippen LogP contribution >= 0.6 is 39.1 Å². The number of phenols is 1. The molecular formula is C14H12BrCl2NO. The minimum Gasteiger partial charge on any atom is -0.506 e. The molecule has 0 spiro atoms. The first kappa shape index (κ1) is 14.5. The van der Waals surface area contributed by atoms with Crippen molar-refractivity contribution in [2.24, 2.45) is 0 Å². The third kappa shape index (κ3) is 3.56. The summed E-state index contributed by atoms with van der Waals surface area (Å²) in [6.07, 6.45) is 0. The zero-order valence-corrected chi connectivity index (χ0v) is 13.3. The normalized spacial score (nSPS) is 10.5. The molecular weight excluding hydrogens is 349 g/mol. The lowest BCUT2D eigenvalue weighted by Gasteiger charge is -2.11. The van der Waals surface area contributed by atoms with Crippen molar-refractivity contribution in [2.45, 2.75) is 13.5 Å². The van der Waals surface area contributed by atoms with E-state index in [1.54, 1.807) is 6.07 Å². The van der Waals surface area contributed by atoms with Crippen LogP contribution in [0.4, 0.5) is 5.69 Å². The molecule has 100 valence electrons. The number of aromatic hydroxyl groups is 1. The predicted octanol–water partition coefficient (Wildman–Crippen LogP) is 5.38. The molecule has 2 aromatic rings. The molecule has 2 rings (SSSR count). The topological polar surface area (TPSA) is 32.3 Å². The van der Waals surface area contributed by atoms with Gasteiger partial charge in [0.2, 0.25) is 0 Å². The molecule has 0 bridgehead atoms. The van der Waals surface area contributed by atoms with Crippen molar-refractivity contribution in [3.63, 3.8) is 0 Å². The van der Waals surface area contributed by atoms with Gasteiger partial charge in [0.15, 0.2) is 0 Å². The van der Waals surface area contributed by atoms with E-state index in [1.807, 2.05) is 25.1 Å². The van der Waals surface area contributed by atoms with E-state index in [0.717, 1.165) is 15.7 Å². The SMILES string of the molecule is Cc1cc(NCc2cc(Cl)cc(Cl)c2O)ccc1Br. The maximum absolute atomic E-state index is 9.86.